The smallest absolute Gasteiger partial charge is 0.387 e. The normalized spacial score (nSPS) is 10.4. The third-order valence-corrected chi connectivity index (χ3v) is 2.46. The van der Waals surface area contributed by atoms with Gasteiger partial charge in [-0.1, -0.05) is 6.07 Å². The van der Waals surface area contributed by atoms with Crippen LogP contribution in [0.15, 0.2) is 18.2 Å². The van der Waals surface area contributed by atoms with Gasteiger partial charge >= 0.3 is 6.61 Å². The van der Waals surface area contributed by atoms with Crippen molar-refractivity contribution in [1.29, 1.82) is 0 Å². The molecule has 0 aromatic heterocycles. The molecule has 1 rings (SSSR count). The summed E-state index contributed by atoms with van der Waals surface area (Å²) in [5.74, 6) is -0.104. The van der Waals surface area contributed by atoms with Crippen molar-refractivity contribution in [3.05, 3.63) is 23.8 Å². The van der Waals surface area contributed by atoms with E-state index < -0.39 is 6.61 Å². The Morgan fingerprint density at radius 3 is 2.63 bits per heavy atom. The maximum absolute atomic E-state index is 12.3. The molecule has 0 aliphatic carbocycles. The Hall–Kier alpha value is -1.89. The SMILES string of the molecule is COc1ccc(CN(C)C(=O)CN)cc1OC(F)F. The molecular weight excluding hydrogens is 258 g/mol. The van der Waals surface area contributed by atoms with Gasteiger partial charge in [0.15, 0.2) is 11.5 Å². The van der Waals surface area contributed by atoms with Gasteiger partial charge in [-0.2, -0.15) is 8.78 Å². The molecule has 0 aliphatic heterocycles. The van der Waals surface area contributed by atoms with Gasteiger partial charge in [0.05, 0.1) is 13.7 Å². The summed E-state index contributed by atoms with van der Waals surface area (Å²) in [6, 6.07) is 4.58. The number of methoxy groups -OCH3 is 1. The molecule has 19 heavy (non-hydrogen) atoms. The van der Waals surface area contributed by atoms with Crippen LogP contribution in [-0.4, -0.2) is 38.1 Å². The highest BCUT2D eigenvalue weighted by atomic mass is 19.3. The molecule has 0 saturated heterocycles. The summed E-state index contributed by atoms with van der Waals surface area (Å²) in [5.41, 5.74) is 5.87. The minimum atomic E-state index is -2.94. The second-order valence-electron chi connectivity index (χ2n) is 3.82. The Kier molecular flexibility index (Phi) is 5.50. The first kappa shape index (κ1) is 15.2. The van der Waals surface area contributed by atoms with Crippen LogP contribution in [-0.2, 0) is 11.3 Å². The van der Waals surface area contributed by atoms with Crippen LogP contribution in [0.25, 0.3) is 0 Å². The molecule has 0 atom stereocenters. The number of rotatable bonds is 6. The van der Waals surface area contributed by atoms with Gasteiger partial charge in [0, 0.05) is 13.6 Å². The van der Waals surface area contributed by atoms with E-state index in [4.69, 9.17) is 10.5 Å². The Morgan fingerprint density at radius 2 is 2.11 bits per heavy atom. The van der Waals surface area contributed by atoms with Gasteiger partial charge in [-0.3, -0.25) is 4.79 Å². The minimum absolute atomic E-state index is 0.0661. The fourth-order valence-corrected chi connectivity index (χ4v) is 1.53. The van der Waals surface area contributed by atoms with Crippen molar-refractivity contribution in [3.8, 4) is 11.5 Å². The zero-order valence-electron chi connectivity index (χ0n) is 10.7. The van der Waals surface area contributed by atoms with E-state index >= 15 is 0 Å². The highest BCUT2D eigenvalue weighted by molar-refractivity contribution is 5.77. The van der Waals surface area contributed by atoms with Crippen molar-refractivity contribution in [2.24, 2.45) is 5.73 Å². The maximum atomic E-state index is 12.3. The number of halogens is 2. The summed E-state index contributed by atoms with van der Waals surface area (Å²) in [4.78, 5) is 12.7. The van der Waals surface area contributed by atoms with Gasteiger partial charge in [0.1, 0.15) is 0 Å². The first-order valence-corrected chi connectivity index (χ1v) is 5.53. The van der Waals surface area contributed by atoms with Gasteiger partial charge < -0.3 is 20.1 Å². The largest absolute Gasteiger partial charge is 0.493 e. The zero-order valence-corrected chi connectivity index (χ0v) is 10.7. The molecule has 0 unspecified atom stereocenters. The predicted octanol–water partition coefficient (Wildman–Crippen LogP) is 1.21. The number of amides is 1. The topological polar surface area (TPSA) is 64.8 Å². The van der Waals surface area contributed by atoms with E-state index in [9.17, 15) is 13.6 Å². The number of benzene rings is 1. The third kappa shape index (κ3) is 4.36. The summed E-state index contributed by atoms with van der Waals surface area (Å²) >= 11 is 0. The standard InChI is InChI=1S/C12H16F2N2O3/c1-16(11(17)6-15)7-8-3-4-9(18-2)10(5-8)19-12(13)14/h3-5,12H,6-7,15H2,1-2H3. The van der Waals surface area contributed by atoms with Crippen molar-refractivity contribution in [2.75, 3.05) is 20.7 Å². The van der Waals surface area contributed by atoms with Crippen LogP contribution in [0.3, 0.4) is 0 Å². The van der Waals surface area contributed by atoms with E-state index in [-0.39, 0.29) is 30.5 Å². The number of carbonyl (C=O) groups is 1. The van der Waals surface area contributed by atoms with Crippen molar-refractivity contribution in [1.82, 2.24) is 4.90 Å². The number of ether oxygens (including phenoxy) is 2. The Balaban J connectivity index is 2.88. The van der Waals surface area contributed by atoms with Gasteiger partial charge in [0.2, 0.25) is 5.91 Å². The summed E-state index contributed by atoms with van der Waals surface area (Å²) < 4.78 is 33.8. The highest BCUT2D eigenvalue weighted by Crippen LogP contribution is 2.29. The van der Waals surface area contributed by atoms with E-state index in [2.05, 4.69) is 4.74 Å². The average molecular weight is 274 g/mol. The van der Waals surface area contributed by atoms with E-state index in [1.807, 2.05) is 0 Å². The lowest BCUT2D eigenvalue weighted by molar-refractivity contribution is -0.128. The molecule has 0 saturated carbocycles. The van der Waals surface area contributed by atoms with Crippen molar-refractivity contribution < 1.29 is 23.0 Å². The molecule has 7 heteroatoms. The quantitative estimate of drug-likeness (QED) is 0.847. The molecule has 1 aromatic rings. The summed E-state index contributed by atoms with van der Waals surface area (Å²) in [6.45, 7) is -2.79. The summed E-state index contributed by atoms with van der Waals surface area (Å²) in [7, 11) is 2.93. The Labute approximate surface area is 109 Å². The van der Waals surface area contributed by atoms with Gasteiger partial charge in [-0.25, -0.2) is 0 Å². The lowest BCUT2D eigenvalue weighted by Gasteiger charge is -2.17. The van der Waals surface area contributed by atoms with Crippen LogP contribution in [0.1, 0.15) is 5.56 Å². The number of likely N-dealkylation sites (N-methyl/N-ethyl adjacent to an activating group) is 1. The molecule has 0 spiro atoms. The molecular formula is C12H16F2N2O3. The second kappa shape index (κ2) is 6.89. The minimum Gasteiger partial charge on any atom is -0.493 e. The number of nitrogens with zero attached hydrogens (tertiary/aromatic N) is 1. The number of alkyl halides is 2. The van der Waals surface area contributed by atoms with E-state index in [0.717, 1.165) is 0 Å². The monoisotopic (exact) mass is 274 g/mol. The average Bonchev–Trinajstić information content (AvgIpc) is 2.37. The lowest BCUT2D eigenvalue weighted by Crippen LogP contribution is -2.32. The van der Waals surface area contributed by atoms with Crippen LogP contribution in [0.2, 0.25) is 0 Å². The van der Waals surface area contributed by atoms with Crippen LogP contribution in [0.5, 0.6) is 11.5 Å². The van der Waals surface area contributed by atoms with E-state index in [1.165, 1.54) is 24.1 Å². The summed E-state index contributed by atoms with van der Waals surface area (Å²) in [5, 5.41) is 0. The van der Waals surface area contributed by atoms with E-state index in [1.54, 1.807) is 13.1 Å². The fourth-order valence-electron chi connectivity index (χ4n) is 1.53. The number of hydrogen-bond donors (Lipinski definition) is 1. The lowest BCUT2D eigenvalue weighted by atomic mass is 10.2. The molecule has 2 N–H and O–H groups in total. The number of nitrogens with two attached hydrogens (primary N) is 1. The first-order chi connectivity index (χ1) is 8.97. The molecule has 0 heterocycles. The molecule has 0 bridgehead atoms. The maximum Gasteiger partial charge on any atom is 0.387 e. The fraction of sp³-hybridized carbons (Fsp3) is 0.417. The van der Waals surface area contributed by atoms with Crippen LogP contribution in [0.4, 0.5) is 8.78 Å². The Morgan fingerprint density at radius 1 is 1.42 bits per heavy atom. The van der Waals surface area contributed by atoms with Crippen molar-refractivity contribution in [2.45, 2.75) is 13.2 Å². The molecule has 5 nitrogen and oxygen atoms in total. The third-order valence-electron chi connectivity index (χ3n) is 2.46. The number of hydrogen-bond acceptors (Lipinski definition) is 4. The molecule has 106 valence electrons. The molecule has 0 radical (unpaired) electrons. The number of carbonyl (C=O) groups excluding carboxylic acids is 1. The second-order valence-corrected chi connectivity index (χ2v) is 3.82. The Bertz CT molecular complexity index is 441. The van der Waals surface area contributed by atoms with Crippen LogP contribution >= 0.6 is 0 Å². The van der Waals surface area contributed by atoms with Crippen molar-refractivity contribution in [3.63, 3.8) is 0 Å². The molecule has 1 aromatic carbocycles. The van der Waals surface area contributed by atoms with Gasteiger partial charge in [0.25, 0.3) is 0 Å². The van der Waals surface area contributed by atoms with Gasteiger partial charge in [-0.15, -0.1) is 0 Å². The molecule has 1 amide bonds. The van der Waals surface area contributed by atoms with Gasteiger partial charge in [-0.05, 0) is 17.7 Å². The molecule has 0 fully saturated rings. The highest BCUT2D eigenvalue weighted by Gasteiger charge is 2.13. The van der Waals surface area contributed by atoms with Crippen LogP contribution in [0, 0.1) is 0 Å². The predicted molar refractivity (Wildman–Crippen MR) is 65.2 cm³/mol. The van der Waals surface area contributed by atoms with E-state index in [0.29, 0.717) is 5.56 Å². The zero-order chi connectivity index (χ0) is 14.4. The molecule has 0 aliphatic rings. The first-order valence-electron chi connectivity index (χ1n) is 5.53. The van der Waals surface area contributed by atoms with Crippen molar-refractivity contribution >= 4 is 5.91 Å². The summed E-state index contributed by atoms with van der Waals surface area (Å²) in [6.07, 6.45) is 0. The van der Waals surface area contributed by atoms with Crippen LogP contribution < -0.4 is 15.2 Å².